The molecule has 9 heteroatoms. The summed E-state index contributed by atoms with van der Waals surface area (Å²) in [6.07, 6.45) is 0.938. The lowest BCUT2D eigenvalue weighted by Crippen LogP contribution is -2.47. The number of fused-ring (bicyclic) bond motifs is 4. The normalized spacial score (nSPS) is 18.5. The van der Waals surface area contributed by atoms with Crippen LogP contribution in [0.2, 0.25) is 0 Å². The summed E-state index contributed by atoms with van der Waals surface area (Å²) in [6, 6.07) is 16.3. The van der Waals surface area contributed by atoms with Crippen molar-refractivity contribution >= 4 is 28.8 Å². The van der Waals surface area contributed by atoms with Crippen molar-refractivity contribution in [1.82, 2.24) is 4.57 Å². The third kappa shape index (κ3) is 4.32. The van der Waals surface area contributed by atoms with E-state index in [2.05, 4.69) is 5.32 Å². The SMILES string of the molecule is CC(=O)c1cccc(NC(=O)c2ccc(N3C[C@H]4C[C@@H](C3)c3cccc(=O)n3C4)c([N+](=O)[O-])c2)c1. The number of pyridine rings is 1. The van der Waals surface area contributed by atoms with Crippen molar-refractivity contribution in [3.63, 3.8) is 0 Å². The number of aromatic nitrogens is 1. The van der Waals surface area contributed by atoms with Crippen LogP contribution in [0.3, 0.4) is 0 Å². The lowest BCUT2D eigenvalue weighted by Gasteiger charge is -2.43. The van der Waals surface area contributed by atoms with Crippen molar-refractivity contribution in [1.29, 1.82) is 0 Å². The van der Waals surface area contributed by atoms with E-state index in [1.54, 1.807) is 48.5 Å². The first-order valence-electron chi connectivity index (χ1n) is 11.5. The second-order valence-electron chi connectivity index (χ2n) is 9.15. The van der Waals surface area contributed by atoms with Gasteiger partial charge in [0.1, 0.15) is 5.69 Å². The summed E-state index contributed by atoms with van der Waals surface area (Å²) in [6.45, 7) is 3.19. The molecule has 0 radical (unpaired) electrons. The van der Waals surface area contributed by atoms with Crippen molar-refractivity contribution in [2.75, 3.05) is 23.3 Å². The highest BCUT2D eigenvalue weighted by Gasteiger charge is 2.36. The molecule has 3 heterocycles. The molecule has 0 saturated carbocycles. The third-order valence-electron chi connectivity index (χ3n) is 6.78. The number of rotatable bonds is 5. The molecule has 2 bridgehead atoms. The first-order valence-corrected chi connectivity index (χ1v) is 11.5. The first-order chi connectivity index (χ1) is 16.8. The molecule has 178 valence electrons. The van der Waals surface area contributed by atoms with Gasteiger partial charge in [-0.1, -0.05) is 18.2 Å². The van der Waals surface area contributed by atoms with E-state index < -0.39 is 10.8 Å². The summed E-state index contributed by atoms with van der Waals surface area (Å²) >= 11 is 0. The Balaban J connectivity index is 1.41. The molecule has 0 unspecified atom stereocenters. The highest BCUT2D eigenvalue weighted by atomic mass is 16.6. The number of nitrogens with zero attached hydrogens (tertiary/aromatic N) is 3. The van der Waals surface area contributed by atoms with Gasteiger partial charge in [-0.25, -0.2) is 0 Å². The van der Waals surface area contributed by atoms with Crippen LogP contribution < -0.4 is 15.8 Å². The van der Waals surface area contributed by atoms with Crippen LogP contribution in [-0.4, -0.2) is 34.3 Å². The molecule has 5 rings (SSSR count). The fourth-order valence-corrected chi connectivity index (χ4v) is 5.19. The average molecular weight is 473 g/mol. The Morgan fingerprint density at radius 2 is 1.80 bits per heavy atom. The van der Waals surface area contributed by atoms with Gasteiger partial charge < -0.3 is 14.8 Å². The maximum absolute atomic E-state index is 12.8. The summed E-state index contributed by atoms with van der Waals surface area (Å²) in [5, 5.41) is 14.7. The number of anilines is 2. The number of Topliss-reactive ketones (excluding diaryl/α,β-unsaturated/α-hetero) is 1. The molecule has 2 aromatic carbocycles. The molecular weight excluding hydrogens is 448 g/mol. The zero-order chi connectivity index (χ0) is 24.7. The number of carbonyl (C=O) groups is 2. The van der Waals surface area contributed by atoms with E-state index in [4.69, 9.17) is 0 Å². The van der Waals surface area contributed by atoms with Crippen LogP contribution in [0.5, 0.6) is 0 Å². The molecule has 2 atom stereocenters. The Kier molecular flexibility index (Phi) is 5.68. The fraction of sp³-hybridized carbons (Fsp3) is 0.269. The van der Waals surface area contributed by atoms with E-state index in [1.165, 1.54) is 13.0 Å². The van der Waals surface area contributed by atoms with Gasteiger partial charge >= 0.3 is 0 Å². The van der Waals surface area contributed by atoms with Crippen LogP contribution in [0.25, 0.3) is 0 Å². The molecule has 2 aliphatic heterocycles. The molecule has 2 aliphatic rings. The number of ketones is 1. The summed E-state index contributed by atoms with van der Waals surface area (Å²) in [5.74, 6) is -0.311. The van der Waals surface area contributed by atoms with Crippen LogP contribution in [0.4, 0.5) is 17.1 Å². The van der Waals surface area contributed by atoms with Gasteiger partial charge in [0, 0.05) is 60.2 Å². The van der Waals surface area contributed by atoms with Gasteiger partial charge in [0.2, 0.25) is 0 Å². The van der Waals surface area contributed by atoms with E-state index in [0.29, 0.717) is 36.6 Å². The smallest absolute Gasteiger partial charge is 0.293 e. The standard InChI is InChI=1S/C26H24N4O5/c1-16(31)18-4-2-5-21(11-18)27-26(33)19-8-9-23(24(12-19)30(34)35)28-13-17-10-20(15-28)22-6-3-7-25(32)29(22)14-17/h2-9,11-12,17,20H,10,13-15H2,1H3,(H,27,33)/t17-,20+/m1/s1. The van der Waals surface area contributed by atoms with Crippen molar-refractivity contribution < 1.29 is 14.5 Å². The molecule has 0 aliphatic carbocycles. The highest BCUT2D eigenvalue weighted by Crippen LogP contribution is 2.39. The van der Waals surface area contributed by atoms with Gasteiger partial charge in [-0.05, 0) is 49.6 Å². The zero-order valence-electron chi connectivity index (χ0n) is 19.1. The molecule has 1 aromatic heterocycles. The quantitative estimate of drug-likeness (QED) is 0.343. The number of amides is 1. The minimum absolute atomic E-state index is 0.0131. The molecule has 0 spiro atoms. The number of hydrogen-bond acceptors (Lipinski definition) is 6. The molecular formula is C26H24N4O5. The summed E-state index contributed by atoms with van der Waals surface area (Å²) in [4.78, 5) is 50.2. The molecule has 1 N–H and O–H groups in total. The predicted molar refractivity (Wildman–Crippen MR) is 131 cm³/mol. The van der Waals surface area contributed by atoms with E-state index >= 15 is 0 Å². The average Bonchev–Trinajstić information content (AvgIpc) is 2.84. The Morgan fingerprint density at radius 3 is 2.57 bits per heavy atom. The monoisotopic (exact) mass is 472 g/mol. The van der Waals surface area contributed by atoms with Crippen LogP contribution in [0.15, 0.2) is 65.5 Å². The molecule has 1 fully saturated rings. The van der Waals surface area contributed by atoms with Gasteiger partial charge in [-0.2, -0.15) is 0 Å². The van der Waals surface area contributed by atoms with E-state index in [0.717, 1.165) is 12.1 Å². The summed E-state index contributed by atoms with van der Waals surface area (Å²) in [7, 11) is 0. The Morgan fingerprint density at radius 1 is 1.00 bits per heavy atom. The van der Waals surface area contributed by atoms with Gasteiger partial charge in [-0.15, -0.1) is 0 Å². The number of benzene rings is 2. The molecule has 9 nitrogen and oxygen atoms in total. The van der Waals surface area contributed by atoms with Gasteiger partial charge in [0.05, 0.1) is 4.92 Å². The third-order valence-corrected chi connectivity index (χ3v) is 6.78. The summed E-state index contributed by atoms with van der Waals surface area (Å²) < 4.78 is 1.82. The first kappa shape index (κ1) is 22.5. The number of carbonyl (C=O) groups excluding carboxylic acids is 2. The van der Waals surface area contributed by atoms with Crippen molar-refractivity contribution in [3.8, 4) is 0 Å². The zero-order valence-corrected chi connectivity index (χ0v) is 19.1. The van der Waals surface area contributed by atoms with Crippen molar-refractivity contribution in [2.45, 2.75) is 25.8 Å². The fourth-order valence-electron chi connectivity index (χ4n) is 5.19. The Bertz CT molecular complexity index is 1410. The molecule has 3 aromatic rings. The number of nitro benzene ring substituents is 1. The maximum Gasteiger partial charge on any atom is 0.293 e. The number of nitrogens with one attached hydrogen (secondary N) is 1. The topological polar surface area (TPSA) is 115 Å². The Hall–Kier alpha value is -4.27. The van der Waals surface area contributed by atoms with Crippen LogP contribution in [0.1, 0.15) is 45.7 Å². The van der Waals surface area contributed by atoms with Gasteiger partial charge in [0.25, 0.3) is 17.2 Å². The summed E-state index contributed by atoms with van der Waals surface area (Å²) in [5.41, 5.74) is 2.33. The minimum Gasteiger partial charge on any atom is -0.365 e. The largest absolute Gasteiger partial charge is 0.365 e. The van der Waals surface area contributed by atoms with Crippen molar-refractivity contribution in [2.24, 2.45) is 5.92 Å². The number of piperidine rings is 1. The molecule has 1 saturated heterocycles. The van der Waals surface area contributed by atoms with E-state index in [-0.39, 0.29) is 34.4 Å². The number of nitro groups is 1. The van der Waals surface area contributed by atoms with Crippen LogP contribution in [0, 0.1) is 16.0 Å². The maximum atomic E-state index is 12.8. The number of hydrogen-bond donors (Lipinski definition) is 1. The highest BCUT2D eigenvalue weighted by molar-refractivity contribution is 6.06. The van der Waals surface area contributed by atoms with E-state index in [9.17, 15) is 24.5 Å². The Labute approximate surface area is 201 Å². The van der Waals surface area contributed by atoms with Crippen LogP contribution >= 0.6 is 0 Å². The molecule has 35 heavy (non-hydrogen) atoms. The second-order valence-corrected chi connectivity index (χ2v) is 9.15. The van der Waals surface area contributed by atoms with Gasteiger partial charge in [-0.3, -0.25) is 24.5 Å². The second kappa shape index (κ2) is 8.83. The van der Waals surface area contributed by atoms with Crippen molar-refractivity contribution in [3.05, 3.63) is 98.0 Å². The lowest BCUT2D eigenvalue weighted by molar-refractivity contribution is -0.384. The van der Waals surface area contributed by atoms with Gasteiger partial charge in [0.15, 0.2) is 5.78 Å². The minimum atomic E-state index is -0.496. The van der Waals surface area contributed by atoms with E-state index in [1.807, 2.05) is 15.5 Å². The lowest BCUT2D eigenvalue weighted by atomic mass is 9.83. The predicted octanol–water partition coefficient (Wildman–Crippen LogP) is 3.84. The van der Waals surface area contributed by atoms with Crippen LogP contribution in [-0.2, 0) is 6.54 Å². The molecule has 1 amide bonds.